The van der Waals surface area contributed by atoms with Gasteiger partial charge in [-0.1, -0.05) is 18.2 Å². The average Bonchev–Trinajstić information content (AvgIpc) is 2.40. The van der Waals surface area contributed by atoms with E-state index in [1.165, 1.54) is 0 Å². The first-order valence-corrected chi connectivity index (χ1v) is 5.51. The van der Waals surface area contributed by atoms with Crippen molar-refractivity contribution in [3.8, 4) is 5.75 Å². The largest absolute Gasteiger partial charge is 0.477 e. The van der Waals surface area contributed by atoms with Gasteiger partial charge in [0.25, 0.3) is 0 Å². The van der Waals surface area contributed by atoms with Gasteiger partial charge < -0.3 is 24.8 Å². The number of rotatable bonds is 3. The molecule has 0 unspecified atom stereocenters. The van der Waals surface area contributed by atoms with Gasteiger partial charge in [0.05, 0.1) is 6.61 Å². The number of benzene rings is 1. The van der Waals surface area contributed by atoms with E-state index in [2.05, 4.69) is 0 Å². The summed E-state index contributed by atoms with van der Waals surface area (Å²) in [7, 11) is 0. The van der Waals surface area contributed by atoms with Crippen molar-refractivity contribution < 1.29 is 29.6 Å². The first-order chi connectivity index (χ1) is 8.63. The van der Waals surface area contributed by atoms with Crippen molar-refractivity contribution in [2.75, 3.05) is 6.61 Å². The van der Waals surface area contributed by atoms with Crippen LogP contribution in [0.15, 0.2) is 30.3 Å². The van der Waals surface area contributed by atoms with Gasteiger partial charge in [0.15, 0.2) is 6.29 Å². The monoisotopic (exact) mass is 254 g/mol. The van der Waals surface area contributed by atoms with Gasteiger partial charge in [0, 0.05) is 0 Å². The molecule has 1 fully saturated rings. The van der Waals surface area contributed by atoms with Crippen molar-refractivity contribution in [3.05, 3.63) is 30.3 Å². The number of aliphatic hydroxyl groups is 3. The molecular weight excluding hydrogens is 240 g/mol. The Kier molecular flexibility index (Phi) is 3.93. The Morgan fingerprint density at radius 3 is 2.50 bits per heavy atom. The maximum atomic E-state index is 11.8. The number of carbonyl (C=O) groups is 1. The highest BCUT2D eigenvalue weighted by Crippen LogP contribution is 2.21. The molecule has 6 heteroatoms. The van der Waals surface area contributed by atoms with Gasteiger partial charge in [-0.25, -0.2) is 0 Å². The summed E-state index contributed by atoms with van der Waals surface area (Å²) in [6.45, 7) is -0.554. The fourth-order valence-electron chi connectivity index (χ4n) is 1.72. The van der Waals surface area contributed by atoms with Crippen LogP contribution in [0, 0.1) is 0 Å². The minimum absolute atomic E-state index is 0.383. The van der Waals surface area contributed by atoms with Gasteiger partial charge in [0.1, 0.15) is 18.0 Å². The lowest BCUT2D eigenvalue weighted by Gasteiger charge is -2.34. The molecule has 6 nitrogen and oxygen atoms in total. The summed E-state index contributed by atoms with van der Waals surface area (Å²) in [4.78, 5) is 11.8. The minimum atomic E-state index is -1.52. The molecule has 0 saturated carbocycles. The molecule has 3 N–H and O–H groups in total. The lowest BCUT2D eigenvalue weighted by molar-refractivity contribution is -0.234. The average molecular weight is 254 g/mol. The molecule has 0 bridgehead atoms. The van der Waals surface area contributed by atoms with Crippen LogP contribution in [-0.4, -0.2) is 52.3 Å². The predicted molar refractivity (Wildman–Crippen MR) is 59.8 cm³/mol. The highest BCUT2D eigenvalue weighted by atomic mass is 16.7. The van der Waals surface area contributed by atoms with Crippen LogP contribution in [0.4, 0.5) is 0 Å². The number of hydrogen-bond acceptors (Lipinski definition) is 6. The van der Waals surface area contributed by atoms with Crippen LogP contribution in [0.5, 0.6) is 5.75 Å². The number of hydrogen-bond donors (Lipinski definition) is 3. The molecule has 0 spiro atoms. The van der Waals surface area contributed by atoms with Crippen LogP contribution in [0.2, 0.25) is 0 Å². The Morgan fingerprint density at radius 1 is 1.22 bits per heavy atom. The number of ether oxygens (including phenoxy) is 2. The van der Waals surface area contributed by atoms with Crippen LogP contribution >= 0.6 is 0 Å². The molecule has 1 aromatic carbocycles. The number of para-hydroxylation sites is 1. The van der Waals surface area contributed by atoms with E-state index in [0.29, 0.717) is 5.75 Å². The van der Waals surface area contributed by atoms with E-state index >= 15 is 0 Å². The molecular formula is C12H14O6. The van der Waals surface area contributed by atoms with Crippen molar-refractivity contribution in [2.24, 2.45) is 0 Å². The Balaban J connectivity index is 2.11. The summed E-state index contributed by atoms with van der Waals surface area (Å²) < 4.78 is 10.2. The SMILES string of the molecule is O=C1[C@@H](Oc2ccccc2)[C@@H](O)O[C@H](CO)[C@H]1O. The molecule has 0 radical (unpaired) electrons. The second-order valence-corrected chi connectivity index (χ2v) is 3.95. The summed E-state index contributed by atoms with van der Waals surface area (Å²) in [5.41, 5.74) is 0. The van der Waals surface area contributed by atoms with E-state index in [1.807, 2.05) is 0 Å². The van der Waals surface area contributed by atoms with Gasteiger partial charge in [-0.05, 0) is 12.1 Å². The molecule has 0 aliphatic carbocycles. The molecule has 1 aliphatic rings. The minimum Gasteiger partial charge on any atom is -0.477 e. The normalized spacial score (nSPS) is 32.3. The zero-order valence-electron chi connectivity index (χ0n) is 9.47. The standard InChI is InChI=1S/C12H14O6/c13-6-8-9(14)10(15)11(12(16)18-8)17-7-4-2-1-3-5-7/h1-5,8-9,11-14,16H,6H2/t8-,9-,11-,12+/m1/s1. The van der Waals surface area contributed by atoms with Crippen molar-refractivity contribution in [2.45, 2.75) is 24.6 Å². The Hall–Kier alpha value is -1.47. The third-order valence-electron chi connectivity index (χ3n) is 2.68. The molecule has 18 heavy (non-hydrogen) atoms. The third-order valence-corrected chi connectivity index (χ3v) is 2.68. The van der Waals surface area contributed by atoms with Crippen LogP contribution < -0.4 is 4.74 Å². The van der Waals surface area contributed by atoms with Crippen LogP contribution in [0.25, 0.3) is 0 Å². The van der Waals surface area contributed by atoms with Gasteiger partial charge in [-0.2, -0.15) is 0 Å². The highest BCUT2D eigenvalue weighted by molar-refractivity contribution is 5.89. The first kappa shape index (κ1) is 13.0. The van der Waals surface area contributed by atoms with E-state index in [9.17, 15) is 15.0 Å². The fourth-order valence-corrected chi connectivity index (χ4v) is 1.72. The summed E-state index contributed by atoms with van der Waals surface area (Å²) in [6.07, 6.45) is -5.45. The third kappa shape index (κ3) is 2.51. The molecule has 1 aromatic rings. The second kappa shape index (κ2) is 5.45. The lowest BCUT2D eigenvalue weighted by Crippen LogP contribution is -2.58. The van der Waals surface area contributed by atoms with E-state index < -0.39 is 37.0 Å². The zero-order valence-corrected chi connectivity index (χ0v) is 9.47. The number of carbonyl (C=O) groups excluding carboxylic acids is 1. The maximum Gasteiger partial charge on any atom is 0.210 e. The summed E-state index contributed by atoms with van der Waals surface area (Å²) in [6, 6.07) is 8.43. The van der Waals surface area contributed by atoms with Crippen molar-refractivity contribution in [3.63, 3.8) is 0 Å². The van der Waals surface area contributed by atoms with E-state index in [1.54, 1.807) is 30.3 Å². The van der Waals surface area contributed by atoms with Gasteiger partial charge in [-0.15, -0.1) is 0 Å². The quantitative estimate of drug-likeness (QED) is 0.645. The van der Waals surface area contributed by atoms with E-state index in [0.717, 1.165) is 0 Å². The number of Topliss-reactive ketones (excluding diaryl/α,β-unsaturated/α-hetero) is 1. The topological polar surface area (TPSA) is 96.2 Å². The highest BCUT2D eigenvalue weighted by Gasteiger charge is 2.44. The van der Waals surface area contributed by atoms with Gasteiger partial charge in [0.2, 0.25) is 11.9 Å². The van der Waals surface area contributed by atoms with Crippen molar-refractivity contribution in [1.29, 1.82) is 0 Å². The van der Waals surface area contributed by atoms with Crippen LogP contribution in [0.3, 0.4) is 0 Å². The molecule has 2 rings (SSSR count). The second-order valence-electron chi connectivity index (χ2n) is 3.95. The Labute approximate surface area is 103 Å². The first-order valence-electron chi connectivity index (χ1n) is 5.51. The molecule has 1 saturated heterocycles. The molecule has 0 aromatic heterocycles. The van der Waals surface area contributed by atoms with E-state index in [4.69, 9.17) is 14.6 Å². The molecule has 4 atom stereocenters. The van der Waals surface area contributed by atoms with Gasteiger partial charge in [-0.3, -0.25) is 4.79 Å². The van der Waals surface area contributed by atoms with Crippen molar-refractivity contribution in [1.82, 2.24) is 0 Å². The smallest absolute Gasteiger partial charge is 0.210 e. The molecule has 0 amide bonds. The van der Waals surface area contributed by atoms with Gasteiger partial charge >= 0.3 is 0 Å². The van der Waals surface area contributed by atoms with Crippen LogP contribution in [-0.2, 0) is 9.53 Å². The van der Waals surface area contributed by atoms with E-state index in [-0.39, 0.29) is 0 Å². The lowest BCUT2D eigenvalue weighted by atomic mass is 10.0. The van der Waals surface area contributed by atoms with Crippen molar-refractivity contribution >= 4 is 5.78 Å². The fraction of sp³-hybridized carbons (Fsp3) is 0.417. The number of ketones is 1. The molecule has 1 heterocycles. The Bertz CT molecular complexity index is 406. The summed E-state index contributed by atoms with van der Waals surface area (Å²) in [5, 5.41) is 28.1. The zero-order chi connectivity index (χ0) is 13.1. The summed E-state index contributed by atoms with van der Waals surface area (Å²) in [5.74, 6) is -0.329. The number of aliphatic hydroxyl groups excluding tert-OH is 3. The Morgan fingerprint density at radius 2 is 1.89 bits per heavy atom. The molecule has 1 aliphatic heterocycles. The van der Waals surface area contributed by atoms with Crippen LogP contribution in [0.1, 0.15) is 0 Å². The predicted octanol–water partition coefficient (Wildman–Crippen LogP) is -0.927. The molecule has 98 valence electrons. The maximum absolute atomic E-state index is 11.8. The summed E-state index contributed by atoms with van der Waals surface area (Å²) >= 11 is 0.